The number of ether oxygens (including phenoxy) is 1. The highest BCUT2D eigenvalue weighted by molar-refractivity contribution is 5.87. The van der Waals surface area contributed by atoms with Gasteiger partial charge in [-0.15, -0.1) is 0 Å². The van der Waals surface area contributed by atoms with Crippen LogP contribution in [0.3, 0.4) is 0 Å². The Morgan fingerprint density at radius 2 is 2.27 bits per heavy atom. The van der Waals surface area contributed by atoms with Crippen molar-refractivity contribution in [3.63, 3.8) is 0 Å². The van der Waals surface area contributed by atoms with E-state index in [1.807, 2.05) is 33.8 Å². The molecule has 1 saturated heterocycles. The number of anilines is 1. The number of hydrogen-bond acceptors (Lipinski definition) is 4. The maximum Gasteiger partial charge on any atom is 0.416 e. The van der Waals surface area contributed by atoms with Gasteiger partial charge in [0, 0.05) is 24.3 Å². The van der Waals surface area contributed by atoms with Crippen LogP contribution < -0.4 is 10.2 Å². The Balaban J connectivity index is 2.30. The van der Waals surface area contributed by atoms with Crippen LogP contribution in [0.25, 0.3) is 0 Å². The molecule has 0 aliphatic carbocycles. The average molecular weight is 305 g/mol. The minimum Gasteiger partial charge on any atom is -0.443 e. The van der Waals surface area contributed by atoms with E-state index in [4.69, 9.17) is 4.74 Å². The van der Waals surface area contributed by atoms with Crippen LogP contribution >= 0.6 is 0 Å². The molecule has 1 aliphatic heterocycles. The lowest BCUT2D eigenvalue weighted by Gasteiger charge is -2.28. The van der Waals surface area contributed by atoms with E-state index in [1.54, 1.807) is 11.1 Å². The lowest BCUT2D eigenvalue weighted by atomic mass is 10.1. The van der Waals surface area contributed by atoms with E-state index in [0.717, 1.165) is 37.2 Å². The summed E-state index contributed by atoms with van der Waals surface area (Å²) in [5.74, 6) is 0.720. The summed E-state index contributed by atoms with van der Waals surface area (Å²) in [5.41, 5.74) is 0.572. The molecule has 0 spiro atoms. The van der Waals surface area contributed by atoms with Gasteiger partial charge in [-0.05, 0) is 52.6 Å². The average Bonchev–Trinajstić information content (AvgIpc) is 2.97. The SMILES string of the molecule is CCCN(C(=O)OC(C)(C)C)c1ncccc1[C@@H]1CCCN1. The maximum atomic E-state index is 12.6. The molecule has 0 bridgehead atoms. The Labute approximate surface area is 133 Å². The van der Waals surface area contributed by atoms with Crippen molar-refractivity contribution < 1.29 is 9.53 Å². The number of rotatable bonds is 4. The molecule has 1 fully saturated rings. The van der Waals surface area contributed by atoms with Crippen LogP contribution in [-0.4, -0.2) is 29.8 Å². The number of carbonyl (C=O) groups excluding carboxylic acids is 1. The molecule has 0 saturated carbocycles. The van der Waals surface area contributed by atoms with Crippen LogP contribution in [0.4, 0.5) is 10.6 Å². The van der Waals surface area contributed by atoms with Gasteiger partial charge in [0.2, 0.25) is 0 Å². The van der Waals surface area contributed by atoms with Crippen molar-refractivity contribution in [3.05, 3.63) is 23.9 Å². The van der Waals surface area contributed by atoms with Crippen LogP contribution in [0.15, 0.2) is 18.3 Å². The maximum absolute atomic E-state index is 12.6. The zero-order valence-electron chi connectivity index (χ0n) is 14.1. The van der Waals surface area contributed by atoms with Crippen LogP contribution in [0, 0.1) is 0 Å². The van der Waals surface area contributed by atoms with Gasteiger partial charge in [-0.3, -0.25) is 4.90 Å². The zero-order chi connectivity index (χ0) is 16.2. The van der Waals surface area contributed by atoms with Crippen molar-refractivity contribution in [1.82, 2.24) is 10.3 Å². The van der Waals surface area contributed by atoms with E-state index in [9.17, 15) is 4.79 Å². The quantitative estimate of drug-likeness (QED) is 0.922. The summed E-state index contributed by atoms with van der Waals surface area (Å²) >= 11 is 0. The molecule has 1 aromatic heterocycles. The fourth-order valence-corrected chi connectivity index (χ4v) is 2.68. The number of nitrogens with one attached hydrogen (secondary N) is 1. The summed E-state index contributed by atoms with van der Waals surface area (Å²) in [6, 6.07) is 4.25. The molecule has 122 valence electrons. The minimum atomic E-state index is -0.510. The number of hydrogen-bond donors (Lipinski definition) is 1. The summed E-state index contributed by atoms with van der Waals surface area (Å²) in [7, 11) is 0. The molecule has 0 aromatic carbocycles. The van der Waals surface area contributed by atoms with Crippen molar-refractivity contribution >= 4 is 11.9 Å². The van der Waals surface area contributed by atoms with Gasteiger partial charge in [-0.1, -0.05) is 13.0 Å². The molecule has 2 heterocycles. The number of amides is 1. The van der Waals surface area contributed by atoms with Gasteiger partial charge >= 0.3 is 6.09 Å². The molecule has 1 aliphatic rings. The fourth-order valence-electron chi connectivity index (χ4n) is 2.68. The lowest BCUT2D eigenvalue weighted by molar-refractivity contribution is 0.0579. The van der Waals surface area contributed by atoms with Gasteiger partial charge < -0.3 is 10.1 Å². The summed E-state index contributed by atoms with van der Waals surface area (Å²) in [6.45, 7) is 9.31. The Bertz CT molecular complexity index is 505. The number of nitrogens with zero attached hydrogens (tertiary/aromatic N) is 2. The number of pyridine rings is 1. The number of carbonyl (C=O) groups is 1. The molecular formula is C17H27N3O2. The first kappa shape index (κ1) is 16.7. The largest absolute Gasteiger partial charge is 0.443 e. The summed E-state index contributed by atoms with van der Waals surface area (Å²) < 4.78 is 5.55. The third kappa shape index (κ3) is 4.19. The zero-order valence-corrected chi connectivity index (χ0v) is 14.1. The molecule has 22 heavy (non-hydrogen) atoms. The fraction of sp³-hybridized carbons (Fsp3) is 0.647. The summed E-state index contributed by atoms with van der Waals surface area (Å²) in [4.78, 5) is 18.7. The predicted molar refractivity (Wildman–Crippen MR) is 88.1 cm³/mol. The predicted octanol–water partition coefficient (Wildman–Crippen LogP) is 3.66. The van der Waals surface area contributed by atoms with Gasteiger partial charge in [0.15, 0.2) is 0 Å². The molecule has 2 rings (SSSR count). The standard InChI is InChI=1S/C17H27N3O2/c1-5-12-20(16(21)22-17(2,3)4)15-13(8-6-11-19-15)14-9-7-10-18-14/h6,8,11,14,18H,5,7,9-10,12H2,1-4H3/t14-/m0/s1. The van der Waals surface area contributed by atoms with Gasteiger partial charge in [0.25, 0.3) is 0 Å². The van der Waals surface area contributed by atoms with Crippen LogP contribution in [-0.2, 0) is 4.74 Å². The Morgan fingerprint density at radius 1 is 1.50 bits per heavy atom. The Morgan fingerprint density at radius 3 is 2.86 bits per heavy atom. The van der Waals surface area contributed by atoms with Gasteiger partial charge in [-0.2, -0.15) is 0 Å². The molecule has 1 amide bonds. The number of aromatic nitrogens is 1. The highest BCUT2D eigenvalue weighted by atomic mass is 16.6. The van der Waals surface area contributed by atoms with Crippen LogP contribution in [0.5, 0.6) is 0 Å². The van der Waals surface area contributed by atoms with Crippen molar-refractivity contribution in [2.75, 3.05) is 18.0 Å². The third-order valence-electron chi connectivity index (χ3n) is 3.57. The first-order valence-corrected chi connectivity index (χ1v) is 8.11. The van der Waals surface area contributed by atoms with Gasteiger partial charge in [0.05, 0.1) is 0 Å². The first-order chi connectivity index (χ1) is 10.4. The first-order valence-electron chi connectivity index (χ1n) is 8.11. The van der Waals surface area contributed by atoms with E-state index < -0.39 is 5.60 Å². The molecule has 5 heteroatoms. The minimum absolute atomic E-state index is 0.269. The van der Waals surface area contributed by atoms with Crippen molar-refractivity contribution in [3.8, 4) is 0 Å². The van der Waals surface area contributed by atoms with E-state index in [2.05, 4.69) is 16.4 Å². The van der Waals surface area contributed by atoms with Crippen molar-refractivity contribution in [2.24, 2.45) is 0 Å². The lowest BCUT2D eigenvalue weighted by Crippen LogP contribution is -2.38. The monoisotopic (exact) mass is 305 g/mol. The van der Waals surface area contributed by atoms with Crippen molar-refractivity contribution in [1.29, 1.82) is 0 Å². The Hall–Kier alpha value is -1.62. The topological polar surface area (TPSA) is 54.5 Å². The second-order valence-electron chi connectivity index (χ2n) is 6.70. The normalized spacial score (nSPS) is 18.3. The Kier molecular flexibility index (Phi) is 5.40. The van der Waals surface area contributed by atoms with Gasteiger partial charge in [-0.25, -0.2) is 9.78 Å². The second-order valence-corrected chi connectivity index (χ2v) is 6.70. The third-order valence-corrected chi connectivity index (χ3v) is 3.57. The van der Waals surface area contributed by atoms with Crippen LogP contribution in [0.1, 0.15) is 58.6 Å². The summed E-state index contributed by atoms with van der Waals surface area (Å²) in [6.07, 6.45) is 4.49. The van der Waals surface area contributed by atoms with Crippen molar-refractivity contribution in [2.45, 2.75) is 58.6 Å². The molecule has 1 aromatic rings. The van der Waals surface area contributed by atoms with E-state index in [1.165, 1.54) is 0 Å². The van der Waals surface area contributed by atoms with Crippen LogP contribution in [0.2, 0.25) is 0 Å². The second kappa shape index (κ2) is 7.09. The van der Waals surface area contributed by atoms with E-state index >= 15 is 0 Å². The highest BCUT2D eigenvalue weighted by Crippen LogP contribution is 2.30. The summed E-state index contributed by atoms with van der Waals surface area (Å²) in [5, 5.41) is 3.48. The molecule has 0 unspecified atom stereocenters. The van der Waals surface area contributed by atoms with E-state index in [-0.39, 0.29) is 12.1 Å². The van der Waals surface area contributed by atoms with E-state index in [0.29, 0.717) is 6.54 Å². The molecule has 1 N–H and O–H groups in total. The smallest absolute Gasteiger partial charge is 0.416 e. The molecule has 5 nitrogen and oxygen atoms in total. The molecule has 1 atom stereocenters. The molecule has 0 radical (unpaired) electrons. The van der Waals surface area contributed by atoms with Gasteiger partial charge in [0.1, 0.15) is 11.4 Å². The molecular weight excluding hydrogens is 278 g/mol. The highest BCUT2D eigenvalue weighted by Gasteiger charge is 2.28.